The van der Waals surface area contributed by atoms with Crippen molar-refractivity contribution in [1.82, 2.24) is 0 Å². The van der Waals surface area contributed by atoms with Gasteiger partial charge in [0.25, 0.3) is 5.69 Å². The predicted octanol–water partition coefficient (Wildman–Crippen LogP) is 2.17. The van der Waals surface area contributed by atoms with E-state index in [-0.39, 0.29) is 5.69 Å². The van der Waals surface area contributed by atoms with Crippen molar-refractivity contribution in [2.45, 2.75) is 0 Å². The van der Waals surface area contributed by atoms with Crippen LogP contribution >= 0.6 is 11.8 Å². The molecular formula is C7H5ClN2O2. The normalized spacial score (nSPS) is 10.4. The average Bonchev–Trinajstić information content (AvgIpc) is 2.05. The van der Waals surface area contributed by atoms with E-state index in [1.54, 1.807) is 18.2 Å². The molecule has 0 aliphatic carbocycles. The molecule has 0 bridgehead atoms. The Kier molecular flexibility index (Phi) is 2.76. The van der Waals surface area contributed by atoms with Gasteiger partial charge in [-0.25, -0.2) is 0 Å². The Balaban J connectivity index is 3.17. The molecule has 0 aliphatic heterocycles. The molecule has 0 aliphatic rings. The highest BCUT2D eigenvalue weighted by Gasteiger charge is 2.09. The Bertz CT molecular complexity index is 325. The minimum Gasteiger partial charge on any atom is -0.258 e. The van der Waals surface area contributed by atoms with Crippen LogP contribution in [0.4, 0.5) is 5.69 Å². The lowest BCUT2D eigenvalue weighted by Crippen LogP contribution is -1.92. The van der Waals surface area contributed by atoms with Gasteiger partial charge in [0.1, 0.15) is 0 Å². The first-order valence-corrected chi connectivity index (χ1v) is 3.47. The minimum absolute atomic E-state index is 0.00176. The third-order valence-corrected chi connectivity index (χ3v) is 1.42. The molecule has 1 aromatic carbocycles. The van der Waals surface area contributed by atoms with Crippen molar-refractivity contribution in [2.24, 2.45) is 4.51 Å². The molecule has 1 aromatic rings. The second-order valence-corrected chi connectivity index (χ2v) is 2.24. The van der Waals surface area contributed by atoms with Crippen LogP contribution in [0.15, 0.2) is 28.8 Å². The van der Waals surface area contributed by atoms with Crippen LogP contribution < -0.4 is 0 Å². The van der Waals surface area contributed by atoms with Crippen LogP contribution in [0.25, 0.3) is 0 Å². The number of hydrogen-bond donors (Lipinski definition) is 0. The first-order valence-electron chi connectivity index (χ1n) is 3.13. The second kappa shape index (κ2) is 3.82. The van der Waals surface area contributed by atoms with Gasteiger partial charge in [0, 0.05) is 17.8 Å². The highest BCUT2D eigenvalue weighted by atomic mass is 35.5. The zero-order chi connectivity index (χ0) is 8.97. The predicted molar refractivity (Wildman–Crippen MR) is 46.5 cm³/mol. The zero-order valence-corrected chi connectivity index (χ0v) is 6.73. The Morgan fingerprint density at radius 1 is 1.50 bits per heavy atom. The highest BCUT2D eigenvalue weighted by molar-refractivity contribution is 6.19. The topological polar surface area (TPSA) is 55.5 Å². The fourth-order valence-corrected chi connectivity index (χ4v) is 0.921. The first-order chi connectivity index (χ1) is 5.75. The third-order valence-electron chi connectivity index (χ3n) is 1.32. The van der Waals surface area contributed by atoms with Crippen molar-refractivity contribution < 1.29 is 4.92 Å². The van der Waals surface area contributed by atoms with E-state index in [0.29, 0.717) is 5.56 Å². The summed E-state index contributed by atoms with van der Waals surface area (Å²) in [5.74, 6) is 0. The van der Waals surface area contributed by atoms with E-state index < -0.39 is 4.92 Å². The summed E-state index contributed by atoms with van der Waals surface area (Å²) in [5.41, 5.74) is 0.402. The Hall–Kier alpha value is -1.42. The number of hydrogen-bond acceptors (Lipinski definition) is 3. The molecule has 0 saturated heterocycles. The molecule has 0 saturated carbocycles. The number of para-hydroxylation sites is 1. The molecule has 0 radical (unpaired) electrons. The molecule has 5 heteroatoms. The van der Waals surface area contributed by atoms with Crippen LogP contribution in [-0.2, 0) is 0 Å². The smallest absolute Gasteiger partial charge is 0.258 e. The summed E-state index contributed by atoms with van der Waals surface area (Å²) in [4.78, 5) is 9.92. The summed E-state index contributed by atoms with van der Waals surface area (Å²) in [7, 11) is 0. The second-order valence-electron chi connectivity index (χ2n) is 2.04. The molecule has 1 rings (SSSR count). The van der Waals surface area contributed by atoms with Crippen molar-refractivity contribution in [2.75, 3.05) is 0 Å². The highest BCUT2D eigenvalue weighted by Crippen LogP contribution is 2.15. The fourth-order valence-electron chi connectivity index (χ4n) is 0.816. The molecule has 0 heterocycles. The quantitative estimate of drug-likeness (QED) is 0.402. The van der Waals surface area contributed by atoms with Gasteiger partial charge in [0.05, 0.1) is 16.7 Å². The molecule has 0 aromatic heterocycles. The van der Waals surface area contributed by atoms with Crippen LogP contribution in [0.1, 0.15) is 5.56 Å². The molecule has 0 atom stereocenters. The van der Waals surface area contributed by atoms with Crippen LogP contribution in [0.2, 0.25) is 0 Å². The van der Waals surface area contributed by atoms with Crippen LogP contribution in [0.5, 0.6) is 0 Å². The monoisotopic (exact) mass is 184 g/mol. The van der Waals surface area contributed by atoms with Crippen molar-refractivity contribution in [3.05, 3.63) is 39.9 Å². The largest absolute Gasteiger partial charge is 0.278 e. The van der Waals surface area contributed by atoms with Gasteiger partial charge in [-0.1, -0.05) is 12.1 Å². The molecule has 62 valence electrons. The summed E-state index contributed by atoms with van der Waals surface area (Å²) in [6.07, 6.45) is 1.24. The van der Waals surface area contributed by atoms with E-state index in [0.717, 1.165) is 0 Å². The maximum Gasteiger partial charge on any atom is 0.278 e. The van der Waals surface area contributed by atoms with Gasteiger partial charge in [0.2, 0.25) is 0 Å². The number of halogens is 1. The van der Waals surface area contributed by atoms with Gasteiger partial charge in [-0.3, -0.25) is 10.1 Å². The van der Waals surface area contributed by atoms with E-state index in [4.69, 9.17) is 11.8 Å². The summed E-state index contributed by atoms with van der Waals surface area (Å²) in [6.45, 7) is 0. The zero-order valence-electron chi connectivity index (χ0n) is 5.98. The Morgan fingerprint density at radius 3 is 2.75 bits per heavy atom. The van der Waals surface area contributed by atoms with E-state index in [1.165, 1.54) is 12.3 Å². The fraction of sp³-hybridized carbons (Fsp3) is 0. The van der Waals surface area contributed by atoms with E-state index in [1.807, 2.05) is 0 Å². The number of benzene rings is 1. The molecule has 4 nitrogen and oxygen atoms in total. The van der Waals surface area contributed by atoms with Crippen molar-refractivity contribution >= 4 is 23.7 Å². The Morgan fingerprint density at radius 2 is 2.17 bits per heavy atom. The standard InChI is InChI=1S/C7H5ClN2O2/c8-9-5-6-3-1-2-4-7(6)10(11)12/h1-5H. The van der Waals surface area contributed by atoms with Gasteiger partial charge in [-0.2, -0.15) is 4.51 Å². The molecule has 12 heavy (non-hydrogen) atoms. The molecule has 0 unspecified atom stereocenters. The lowest BCUT2D eigenvalue weighted by Gasteiger charge is -1.93. The van der Waals surface area contributed by atoms with Gasteiger partial charge in [-0.05, 0) is 6.07 Å². The summed E-state index contributed by atoms with van der Waals surface area (Å²) in [5, 5.41) is 10.4. The van der Waals surface area contributed by atoms with E-state index >= 15 is 0 Å². The summed E-state index contributed by atoms with van der Waals surface area (Å²) in [6, 6.07) is 6.24. The van der Waals surface area contributed by atoms with Crippen LogP contribution in [0, 0.1) is 10.1 Å². The number of rotatable bonds is 2. The van der Waals surface area contributed by atoms with Gasteiger partial charge in [0.15, 0.2) is 0 Å². The molecule has 0 fully saturated rings. The van der Waals surface area contributed by atoms with Crippen molar-refractivity contribution in [1.29, 1.82) is 0 Å². The van der Waals surface area contributed by atoms with Crippen molar-refractivity contribution in [3.63, 3.8) is 0 Å². The van der Waals surface area contributed by atoms with Gasteiger partial charge < -0.3 is 0 Å². The third kappa shape index (κ3) is 1.79. The van der Waals surface area contributed by atoms with E-state index in [9.17, 15) is 10.1 Å². The molecule has 0 N–H and O–H groups in total. The summed E-state index contributed by atoms with van der Waals surface area (Å²) < 4.78 is 3.19. The molecule has 0 amide bonds. The number of nitro benzene ring substituents is 1. The SMILES string of the molecule is O=[N+]([O-])c1ccccc1C=NCl. The minimum atomic E-state index is -0.478. The van der Waals surface area contributed by atoms with Crippen molar-refractivity contribution in [3.8, 4) is 0 Å². The van der Waals surface area contributed by atoms with Gasteiger partial charge >= 0.3 is 0 Å². The Labute approximate surface area is 73.8 Å². The number of nitrogens with zero attached hydrogens (tertiary/aromatic N) is 2. The molecular weight excluding hydrogens is 180 g/mol. The maximum atomic E-state index is 10.4. The van der Waals surface area contributed by atoms with Crippen LogP contribution in [-0.4, -0.2) is 11.1 Å². The van der Waals surface area contributed by atoms with Crippen LogP contribution in [0.3, 0.4) is 0 Å². The summed E-state index contributed by atoms with van der Waals surface area (Å²) >= 11 is 5.06. The van der Waals surface area contributed by atoms with Gasteiger partial charge in [-0.15, -0.1) is 0 Å². The lowest BCUT2D eigenvalue weighted by molar-refractivity contribution is -0.385. The lowest BCUT2D eigenvalue weighted by atomic mass is 10.2. The van der Waals surface area contributed by atoms with E-state index in [2.05, 4.69) is 4.51 Å². The maximum absolute atomic E-state index is 10.4. The number of nitro groups is 1. The average molecular weight is 185 g/mol. The molecule has 0 spiro atoms. The first kappa shape index (κ1) is 8.67.